The molecule has 1 amide bonds. The molecule has 0 bridgehead atoms. The van der Waals surface area contributed by atoms with Crippen molar-refractivity contribution < 1.29 is 9.90 Å². The molecule has 35 heavy (non-hydrogen) atoms. The van der Waals surface area contributed by atoms with Crippen LogP contribution in [0.15, 0.2) is 54.9 Å². The van der Waals surface area contributed by atoms with E-state index in [9.17, 15) is 9.90 Å². The first kappa shape index (κ1) is 21.8. The topological polar surface area (TPSA) is 103 Å². The number of aromatic amines is 1. The number of amides is 1. The minimum atomic E-state index is -0.662. The molecule has 5 heterocycles. The Bertz CT molecular complexity index is 1480. The summed E-state index contributed by atoms with van der Waals surface area (Å²) in [5, 5.41) is 12.8. The molecular weight excluding hydrogens is 462 g/mol. The average Bonchev–Trinajstić information content (AvgIpc) is 3.61. The van der Waals surface area contributed by atoms with Crippen LogP contribution >= 0.6 is 11.3 Å². The normalized spacial score (nSPS) is 15.3. The third-order valence-electron chi connectivity index (χ3n) is 6.35. The molecule has 1 aliphatic rings. The van der Waals surface area contributed by atoms with Gasteiger partial charge in [-0.3, -0.25) is 4.79 Å². The minimum absolute atomic E-state index is 0.0827. The zero-order valence-electron chi connectivity index (χ0n) is 19.3. The number of piperazine rings is 1. The Morgan fingerprint density at radius 3 is 2.74 bits per heavy atom. The van der Waals surface area contributed by atoms with Gasteiger partial charge in [0.15, 0.2) is 5.82 Å². The van der Waals surface area contributed by atoms with E-state index in [2.05, 4.69) is 14.9 Å². The number of nitrogens with one attached hydrogen (secondary N) is 1. The molecule has 0 spiro atoms. The number of aliphatic hydroxyl groups is 1. The molecular formula is C25H25N7O2S. The van der Waals surface area contributed by atoms with Crippen molar-refractivity contribution in [3.8, 4) is 11.5 Å². The van der Waals surface area contributed by atoms with Crippen LogP contribution in [0.4, 0.5) is 5.00 Å². The lowest BCUT2D eigenvalue weighted by Gasteiger charge is -2.35. The molecule has 1 unspecified atom stereocenters. The summed E-state index contributed by atoms with van der Waals surface area (Å²) in [5.74, 6) is 0.772. The Hall–Kier alpha value is -3.76. The number of fused-ring (bicyclic) bond motifs is 2. The number of aromatic nitrogens is 5. The molecule has 2 N–H and O–H groups in total. The van der Waals surface area contributed by atoms with Crippen LogP contribution in [0.3, 0.4) is 0 Å². The first-order valence-electron chi connectivity index (χ1n) is 11.6. The molecule has 4 aromatic heterocycles. The summed E-state index contributed by atoms with van der Waals surface area (Å²) in [6.45, 7) is 4.61. The van der Waals surface area contributed by atoms with Gasteiger partial charge < -0.3 is 24.5 Å². The van der Waals surface area contributed by atoms with E-state index in [0.717, 1.165) is 32.8 Å². The highest BCUT2D eigenvalue weighted by Crippen LogP contribution is 2.38. The fourth-order valence-corrected chi connectivity index (χ4v) is 5.55. The van der Waals surface area contributed by atoms with Gasteiger partial charge in [-0.25, -0.2) is 15.0 Å². The Balaban J connectivity index is 1.20. The van der Waals surface area contributed by atoms with Crippen LogP contribution in [-0.2, 0) is 11.3 Å². The fourth-order valence-electron chi connectivity index (χ4n) is 4.49. The van der Waals surface area contributed by atoms with Crippen LogP contribution in [0.1, 0.15) is 18.0 Å². The van der Waals surface area contributed by atoms with E-state index in [1.807, 2.05) is 58.1 Å². The molecule has 1 saturated heterocycles. The number of H-pyrrole nitrogens is 1. The smallest absolute Gasteiger partial charge is 0.242 e. The quantitative estimate of drug-likeness (QED) is 0.394. The molecule has 1 aliphatic heterocycles. The van der Waals surface area contributed by atoms with Crippen molar-refractivity contribution in [1.82, 2.24) is 29.4 Å². The van der Waals surface area contributed by atoms with Crippen molar-refractivity contribution in [2.45, 2.75) is 19.6 Å². The van der Waals surface area contributed by atoms with Crippen LogP contribution in [0, 0.1) is 0 Å². The number of hydrogen-bond donors (Lipinski definition) is 2. The SMILES string of the molecule is CC(O)c1nc(-c2nc3ccccc3[nH]2)c(N2CCN(C(=O)Cn3ccc4cccnc43)CC2)s1. The van der Waals surface area contributed by atoms with E-state index in [0.29, 0.717) is 37.0 Å². The highest BCUT2D eigenvalue weighted by molar-refractivity contribution is 7.16. The van der Waals surface area contributed by atoms with Crippen LogP contribution in [0.2, 0.25) is 0 Å². The number of rotatable bonds is 5. The number of anilines is 1. The van der Waals surface area contributed by atoms with Gasteiger partial charge in [0.2, 0.25) is 5.91 Å². The Labute approximate surface area is 205 Å². The summed E-state index contributed by atoms with van der Waals surface area (Å²) >= 11 is 1.48. The van der Waals surface area contributed by atoms with Gasteiger partial charge in [0.1, 0.15) is 34.0 Å². The second-order valence-corrected chi connectivity index (χ2v) is 9.72. The number of hydrogen-bond acceptors (Lipinski definition) is 7. The summed E-state index contributed by atoms with van der Waals surface area (Å²) in [4.78, 5) is 34.4. The lowest BCUT2D eigenvalue weighted by atomic mass is 10.3. The summed E-state index contributed by atoms with van der Waals surface area (Å²) in [6, 6.07) is 13.8. The van der Waals surface area contributed by atoms with Gasteiger partial charge in [-0.2, -0.15) is 0 Å². The molecule has 6 rings (SSSR count). The zero-order chi connectivity index (χ0) is 23.9. The van der Waals surface area contributed by atoms with E-state index in [1.54, 1.807) is 13.1 Å². The van der Waals surface area contributed by atoms with E-state index < -0.39 is 6.10 Å². The number of carbonyl (C=O) groups is 1. The average molecular weight is 488 g/mol. The number of pyridine rings is 1. The molecule has 178 valence electrons. The van der Waals surface area contributed by atoms with Crippen LogP contribution < -0.4 is 4.90 Å². The van der Waals surface area contributed by atoms with Crippen molar-refractivity contribution in [1.29, 1.82) is 0 Å². The molecule has 5 aromatic rings. The van der Waals surface area contributed by atoms with Crippen LogP contribution in [-0.4, -0.2) is 66.6 Å². The first-order chi connectivity index (χ1) is 17.1. The second-order valence-electron chi connectivity index (χ2n) is 8.71. The highest BCUT2D eigenvalue weighted by Gasteiger charge is 2.27. The van der Waals surface area contributed by atoms with Gasteiger partial charge in [0.05, 0.1) is 11.0 Å². The van der Waals surface area contributed by atoms with Crippen LogP contribution in [0.25, 0.3) is 33.6 Å². The molecule has 9 nitrogen and oxygen atoms in total. The third kappa shape index (κ3) is 4.04. The molecule has 0 aliphatic carbocycles. The van der Waals surface area contributed by atoms with Crippen molar-refractivity contribution in [3.05, 3.63) is 59.9 Å². The fraction of sp³-hybridized carbons (Fsp3) is 0.280. The zero-order valence-corrected chi connectivity index (χ0v) is 20.1. The summed E-state index contributed by atoms with van der Waals surface area (Å²) in [5.41, 5.74) is 3.39. The number of benzene rings is 1. The maximum absolute atomic E-state index is 13.0. The maximum atomic E-state index is 13.0. The number of para-hydroxylation sites is 2. The molecule has 0 saturated carbocycles. The van der Waals surface area contributed by atoms with Crippen LogP contribution in [0.5, 0.6) is 0 Å². The number of carbonyl (C=O) groups excluding carboxylic acids is 1. The van der Waals surface area contributed by atoms with E-state index in [-0.39, 0.29) is 12.5 Å². The third-order valence-corrected chi connectivity index (χ3v) is 7.63. The van der Waals surface area contributed by atoms with E-state index in [4.69, 9.17) is 9.97 Å². The van der Waals surface area contributed by atoms with Crippen molar-refractivity contribution in [2.75, 3.05) is 31.1 Å². The molecule has 10 heteroatoms. The Morgan fingerprint density at radius 2 is 1.94 bits per heavy atom. The molecule has 1 aromatic carbocycles. The lowest BCUT2D eigenvalue weighted by Crippen LogP contribution is -2.49. The van der Waals surface area contributed by atoms with Crippen molar-refractivity contribution in [3.63, 3.8) is 0 Å². The standard InChI is InChI=1S/C25H25N7O2S/c1-16(33)24-29-21(22-27-18-6-2-3-7-19(18)28-22)25(35-24)31-13-11-30(12-14-31)20(34)15-32-10-8-17-5-4-9-26-23(17)32/h2-10,16,33H,11-15H2,1H3,(H,27,28). The molecule has 1 atom stereocenters. The molecule has 1 fully saturated rings. The van der Waals surface area contributed by atoms with Gasteiger partial charge in [-0.15, -0.1) is 0 Å². The van der Waals surface area contributed by atoms with Gasteiger partial charge >= 0.3 is 0 Å². The van der Waals surface area contributed by atoms with Crippen molar-refractivity contribution >= 4 is 44.3 Å². The van der Waals surface area contributed by atoms with E-state index >= 15 is 0 Å². The lowest BCUT2D eigenvalue weighted by molar-refractivity contribution is -0.132. The monoisotopic (exact) mass is 487 g/mol. The summed E-state index contributed by atoms with van der Waals surface area (Å²) in [7, 11) is 0. The van der Waals surface area contributed by atoms with Gasteiger partial charge in [0.25, 0.3) is 0 Å². The Kier molecular flexibility index (Phi) is 5.46. The first-order valence-corrected chi connectivity index (χ1v) is 12.4. The van der Waals surface area contributed by atoms with Gasteiger partial charge in [-0.05, 0) is 37.3 Å². The maximum Gasteiger partial charge on any atom is 0.242 e. The van der Waals surface area contributed by atoms with Gasteiger partial charge in [0, 0.05) is 44.0 Å². The summed E-state index contributed by atoms with van der Waals surface area (Å²) in [6.07, 6.45) is 3.00. The van der Waals surface area contributed by atoms with Gasteiger partial charge in [-0.1, -0.05) is 23.5 Å². The second kappa shape index (κ2) is 8.79. The number of aliphatic hydroxyl groups excluding tert-OH is 1. The summed E-state index contributed by atoms with van der Waals surface area (Å²) < 4.78 is 1.90. The molecule has 0 radical (unpaired) electrons. The number of imidazole rings is 1. The van der Waals surface area contributed by atoms with E-state index in [1.165, 1.54) is 11.3 Å². The van der Waals surface area contributed by atoms with Crippen molar-refractivity contribution in [2.24, 2.45) is 0 Å². The number of nitrogens with zero attached hydrogens (tertiary/aromatic N) is 6. The largest absolute Gasteiger partial charge is 0.386 e. The predicted octanol–water partition coefficient (Wildman–Crippen LogP) is 3.44. The predicted molar refractivity (Wildman–Crippen MR) is 136 cm³/mol. The Morgan fingerprint density at radius 1 is 1.11 bits per heavy atom. The minimum Gasteiger partial charge on any atom is -0.386 e. The highest BCUT2D eigenvalue weighted by atomic mass is 32.1. The number of thiazole rings is 1.